The minimum Gasteiger partial charge on any atom is -0.248 e. The summed E-state index contributed by atoms with van der Waals surface area (Å²) in [5.41, 5.74) is 1.77. The van der Waals surface area contributed by atoms with Gasteiger partial charge in [-0.1, -0.05) is 41.9 Å². The fourth-order valence-corrected chi connectivity index (χ4v) is 2.34. The van der Waals surface area contributed by atoms with E-state index in [2.05, 4.69) is 0 Å². The number of nitrogens with two attached hydrogens (primary N) is 1. The zero-order valence-corrected chi connectivity index (χ0v) is 9.96. The van der Waals surface area contributed by atoms with Crippen LogP contribution in [0, 0.1) is 0 Å². The van der Waals surface area contributed by atoms with Gasteiger partial charge >= 0.3 is 0 Å². The molecule has 0 aliphatic heterocycles. The summed E-state index contributed by atoms with van der Waals surface area (Å²) in [5.74, 6) is 0. The van der Waals surface area contributed by atoms with Crippen molar-refractivity contribution in [2.75, 3.05) is 0 Å². The lowest BCUT2D eigenvalue weighted by molar-refractivity contribution is 0.684. The summed E-state index contributed by atoms with van der Waals surface area (Å²) in [6.45, 7) is 0. The van der Waals surface area contributed by atoms with Crippen molar-refractivity contribution < 1.29 is 4.21 Å². The maximum Gasteiger partial charge on any atom is 0.122 e. The van der Waals surface area contributed by atoms with E-state index in [-0.39, 0.29) is 0 Å². The van der Waals surface area contributed by atoms with Crippen LogP contribution in [0.4, 0.5) is 0 Å². The molecular weight excluding hydrogens is 242 g/mol. The summed E-state index contributed by atoms with van der Waals surface area (Å²) >= 11 is 5.92. The molecule has 2 aromatic rings. The monoisotopic (exact) mass is 251 g/mol. The van der Waals surface area contributed by atoms with Gasteiger partial charge in [-0.2, -0.15) is 0 Å². The van der Waals surface area contributed by atoms with Crippen LogP contribution >= 0.6 is 11.6 Å². The predicted molar refractivity (Wildman–Crippen MR) is 67.5 cm³/mol. The van der Waals surface area contributed by atoms with E-state index in [1.165, 1.54) is 0 Å². The molecule has 2 rings (SSSR count). The molecule has 1 atom stereocenters. The fraction of sp³-hybridized carbons (Fsp3) is 0. The fourth-order valence-electron chi connectivity index (χ4n) is 1.54. The third kappa shape index (κ3) is 2.32. The highest BCUT2D eigenvalue weighted by Gasteiger charge is 2.07. The molecule has 82 valence electrons. The first-order valence-electron chi connectivity index (χ1n) is 4.69. The average Bonchev–Trinajstić information content (AvgIpc) is 2.29. The molecule has 0 radical (unpaired) electrons. The predicted octanol–water partition coefficient (Wildman–Crippen LogP) is 2.99. The van der Waals surface area contributed by atoms with Crippen molar-refractivity contribution in [1.82, 2.24) is 0 Å². The van der Waals surface area contributed by atoms with E-state index in [0.29, 0.717) is 9.92 Å². The van der Waals surface area contributed by atoms with Crippen molar-refractivity contribution in [1.29, 1.82) is 0 Å². The van der Waals surface area contributed by atoms with Crippen LogP contribution in [0.5, 0.6) is 0 Å². The van der Waals surface area contributed by atoms with E-state index in [1.807, 2.05) is 36.4 Å². The van der Waals surface area contributed by atoms with Gasteiger partial charge in [-0.3, -0.25) is 0 Å². The highest BCUT2D eigenvalue weighted by atomic mass is 35.5. The first-order chi connectivity index (χ1) is 7.68. The van der Waals surface area contributed by atoms with Crippen LogP contribution in [0.3, 0.4) is 0 Å². The molecule has 0 saturated heterocycles. The quantitative estimate of drug-likeness (QED) is 0.876. The lowest BCUT2D eigenvalue weighted by atomic mass is 10.1. The molecule has 0 bridgehead atoms. The number of rotatable bonds is 2. The highest BCUT2D eigenvalue weighted by molar-refractivity contribution is 7.82. The highest BCUT2D eigenvalue weighted by Crippen LogP contribution is 2.27. The molecule has 2 N–H and O–H groups in total. The standard InChI is InChI=1S/C12H10ClNOS/c13-10-5-3-4-9(8-10)11-6-1-2-7-12(11)16(14)15/h1-8H,14H2. The van der Waals surface area contributed by atoms with E-state index in [1.54, 1.807) is 12.1 Å². The average molecular weight is 252 g/mol. The van der Waals surface area contributed by atoms with E-state index < -0.39 is 11.0 Å². The van der Waals surface area contributed by atoms with Crippen molar-refractivity contribution in [2.45, 2.75) is 4.90 Å². The van der Waals surface area contributed by atoms with Gasteiger partial charge in [0.1, 0.15) is 11.0 Å². The maximum absolute atomic E-state index is 11.4. The van der Waals surface area contributed by atoms with Crippen molar-refractivity contribution in [3.8, 4) is 11.1 Å². The van der Waals surface area contributed by atoms with E-state index in [0.717, 1.165) is 11.1 Å². The number of hydrogen-bond donors (Lipinski definition) is 1. The molecule has 0 aromatic heterocycles. The molecule has 0 aliphatic rings. The molecule has 4 heteroatoms. The Kier molecular flexibility index (Phi) is 3.39. The Morgan fingerprint density at radius 3 is 2.50 bits per heavy atom. The zero-order valence-electron chi connectivity index (χ0n) is 8.39. The van der Waals surface area contributed by atoms with Crippen LogP contribution < -0.4 is 5.14 Å². The summed E-state index contributed by atoms with van der Waals surface area (Å²) in [4.78, 5) is 0.616. The molecule has 2 aromatic carbocycles. The Morgan fingerprint density at radius 2 is 1.81 bits per heavy atom. The van der Waals surface area contributed by atoms with Crippen molar-refractivity contribution in [3.05, 3.63) is 53.6 Å². The van der Waals surface area contributed by atoms with Gasteiger partial charge in [0.2, 0.25) is 0 Å². The summed E-state index contributed by atoms with van der Waals surface area (Å²) in [7, 11) is -1.49. The number of halogens is 1. The topological polar surface area (TPSA) is 43.1 Å². The first-order valence-corrected chi connectivity index (χ1v) is 6.29. The summed E-state index contributed by atoms with van der Waals surface area (Å²) < 4.78 is 11.4. The Balaban J connectivity index is 2.60. The van der Waals surface area contributed by atoms with Crippen LogP contribution in [0.15, 0.2) is 53.4 Å². The smallest absolute Gasteiger partial charge is 0.122 e. The molecule has 0 heterocycles. The third-order valence-electron chi connectivity index (χ3n) is 2.24. The lowest BCUT2D eigenvalue weighted by Crippen LogP contribution is -2.04. The van der Waals surface area contributed by atoms with E-state index in [9.17, 15) is 4.21 Å². The molecule has 0 saturated carbocycles. The second kappa shape index (κ2) is 4.78. The van der Waals surface area contributed by atoms with Gasteiger partial charge in [0.25, 0.3) is 0 Å². The zero-order chi connectivity index (χ0) is 11.5. The van der Waals surface area contributed by atoms with Gasteiger partial charge in [0.15, 0.2) is 0 Å². The van der Waals surface area contributed by atoms with Crippen LogP contribution in [0.1, 0.15) is 0 Å². The molecule has 0 aliphatic carbocycles. The van der Waals surface area contributed by atoms with Gasteiger partial charge in [0.05, 0.1) is 4.90 Å². The molecule has 2 nitrogen and oxygen atoms in total. The number of benzene rings is 2. The minimum absolute atomic E-state index is 0.616. The van der Waals surface area contributed by atoms with E-state index in [4.69, 9.17) is 16.7 Å². The van der Waals surface area contributed by atoms with Gasteiger partial charge < -0.3 is 0 Å². The normalized spacial score (nSPS) is 12.4. The second-order valence-corrected chi connectivity index (χ2v) is 4.77. The van der Waals surface area contributed by atoms with Crippen LogP contribution in [0.25, 0.3) is 11.1 Å². The SMILES string of the molecule is NS(=O)c1ccccc1-c1cccc(Cl)c1. The summed E-state index contributed by atoms with van der Waals surface area (Å²) in [6, 6.07) is 14.7. The third-order valence-corrected chi connectivity index (χ3v) is 3.26. The molecule has 1 unspecified atom stereocenters. The Morgan fingerprint density at radius 1 is 1.06 bits per heavy atom. The van der Waals surface area contributed by atoms with Gasteiger partial charge in [-0.25, -0.2) is 9.35 Å². The lowest BCUT2D eigenvalue weighted by Gasteiger charge is -2.06. The van der Waals surface area contributed by atoms with Crippen molar-refractivity contribution in [3.63, 3.8) is 0 Å². The van der Waals surface area contributed by atoms with Crippen molar-refractivity contribution >= 4 is 22.6 Å². The summed E-state index contributed by atoms with van der Waals surface area (Å²) in [5, 5.41) is 6.08. The summed E-state index contributed by atoms with van der Waals surface area (Å²) in [6.07, 6.45) is 0. The molecular formula is C12H10ClNOS. The van der Waals surface area contributed by atoms with Gasteiger partial charge in [-0.15, -0.1) is 0 Å². The first kappa shape index (κ1) is 11.3. The van der Waals surface area contributed by atoms with Gasteiger partial charge in [0, 0.05) is 5.02 Å². The Labute approximate surface area is 102 Å². The molecule has 0 amide bonds. The molecule has 16 heavy (non-hydrogen) atoms. The van der Waals surface area contributed by atoms with E-state index >= 15 is 0 Å². The minimum atomic E-state index is -1.49. The Bertz CT molecular complexity index is 542. The van der Waals surface area contributed by atoms with Crippen LogP contribution in [0.2, 0.25) is 5.02 Å². The molecule has 0 spiro atoms. The largest absolute Gasteiger partial charge is 0.248 e. The second-order valence-electron chi connectivity index (χ2n) is 3.30. The Hall–Kier alpha value is -1.16. The van der Waals surface area contributed by atoms with Crippen LogP contribution in [-0.4, -0.2) is 4.21 Å². The van der Waals surface area contributed by atoms with Gasteiger partial charge in [-0.05, 0) is 29.3 Å². The maximum atomic E-state index is 11.4. The van der Waals surface area contributed by atoms with Crippen molar-refractivity contribution in [2.24, 2.45) is 5.14 Å². The molecule has 0 fully saturated rings. The van der Waals surface area contributed by atoms with Crippen LogP contribution in [-0.2, 0) is 11.0 Å². The number of hydrogen-bond acceptors (Lipinski definition) is 1.